The minimum Gasteiger partial charge on any atom is -0.458 e. The predicted octanol–water partition coefficient (Wildman–Crippen LogP) is 8.70. The number of fused-ring (bicyclic) bond motifs is 4. The Morgan fingerprint density at radius 2 is 1.23 bits per heavy atom. The molecule has 0 aliphatic carbocycles. The van der Waals surface area contributed by atoms with Gasteiger partial charge in [-0.05, 0) is 101 Å². The van der Waals surface area contributed by atoms with Crippen LogP contribution in [0, 0.1) is 13.8 Å². The van der Waals surface area contributed by atoms with Crippen LogP contribution in [0.25, 0.3) is 11.1 Å². The summed E-state index contributed by atoms with van der Waals surface area (Å²) < 4.78 is 6.58. The van der Waals surface area contributed by atoms with Crippen LogP contribution in [0.2, 0.25) is 0 Å². The van der Waals surface area contributed by atoms with Crippen LogP contribution in [-0.4, -0.2) is 6.71 Å². The first-order valence-electron chi connectivity index (χ1n) is 15.5. The minimum absolute atomic E-state index is 0.125. The maximum atomic E-state index is 6.58. The fraction of sp³-hybridized carbons (Fsp3) is 0.122. The van der Waals surface area contributed by atoms with Crippen molar-refractivity contribution in [2.75, 3.05) is 4.90 Å². The molecular weight excluding hydrogens is 533 g/mol. The summed E-state index contributed by atoms with van der Waals surface area (Å²) in [4.78, 5) is 2.33. The zero-order chi connectivity index (χ0) is 30.0. The molecule has 0 atom stereocenters. The van der Waals surface area contributed by atoms with E-state index in [0.29, 0.717) is 0 Å². The molecule has 0 bridgehead atoms. The van der Waals surface area contributed by atoms with E-state index >= 15 is 0 Å². The first-order valence-corrected chi connectivity index (χ1v) is 15.5. The van der Waals surface area contributed by atoms with Crippen LogP contribution in [0.1, 0.15) is 36.1 Å². The predicted molar refractivity (Wildman–Crippen MR) is 186 cm³/mol. The summed E-state index contributed by atoms with van der Waals surface area (Å²) >= 11 is 0. The number of hydrogen-bond acceptors (Lipinski definition) is 2. The van der Waals surface area contributed by atoms with E-state index in [1.54, 1.807) is 0 Å². The van der Waals surface area contributed by atoms with Crippen molar-refractivity contribution in [3.63, 3.8) is 0 Å². The van der Waals surface area contributed by atoms with E-state index in [4.69, 9.17) is 4.74 Å². The van der Waals surface area contributed by atoms with Gasteiger partial charge in [0.25, 0.3) is 6.71 Å². The monoisotopic (exact) mass is 567 g/mol. The maximum Gasteiger partial charge on any atom is 0.251 e. The lowest BCUT2D eigenvalue weighted by Gasteiger charge is -2.42. The van der Waals surface area contributed by atoms with Gasteiger partial charge in [-0.2, -0.15) is 0 Å². The summed E-state index contributed by atoms with van der Waals surface area (Å²) in [5, 5.41) is 0. The Kier molecular flexibility index (Phi) is 6.06. The van der Waals surface area contributed by atoms with Crippen molar-refractivity contribution in [2.45, 2.75) is 33.1 Å². The quantitative estimate of drug-likeness (QED) is 0.197. The summed E-state index contributed by atoms with van der Waals surface area (Å²) in [7, 11) is 0. The summed E-state index contributed by atoms with van der Waals surface area (Å²) in [6, 6.07) is 48.3. The topological polar surface area (TPSA) is 12.5 Å². The number of aryl methyl sites for hydroxylation is 2. The van der Waals surface area contributed by atoms with Crippen molar-refractivity contribution in [1.29, 1.82) is 0 Å². The Hall–Kier alpha value is -5.02. The zero-order valence-corrected chi connectivity index (χ0v) is 25.6. The highest BCUT2D eigenvalue weighted by Gasteiger charge is 2.45. The van der Waals surface area contributed by atoms with Crippen LogP contribution in [0.3, 0.4) is 0 Å². The van der Waals surface area contributed by atoms with Gasteiger partial charge in [0.1, 0.15) is 11.5 Å². The van der Waals surface area contributed by atoms with Gasteiger partial charge in [0, 0.05) is 22.5 Å². The Morgan fingerprint density at radius 3 is 1.95 bits per heavy atom. The van der Waals surface area contributed by atoms with E-state index < -0.39 is 0 Å². The number of anilines is 3. The van der Waals surface area contributed by atoms with Gasteiger partial charge in [-0.1, -0.05) is 110 Å². The molecule has 6 aromatic rings. The van der Waals surface area contributed by atoms with E-state index in [2.05, 4.69) is 166 Å². The molecule has 0 saturated carbocycles. The van der Waals surface area contributed by atoms with E-state index in [1.165, 1.54) is 49.8 Å². The second-order valence-electron chi connectivity index (χ2n) is 12.7. The van der Waals surface area contributed by atoms with E-state index in [0.717, 1.165) is 28.6 Å². The second kappa shape index (κ2) is 10.0. The van der Waals surface area contributed by atoms with Gasteiger partial charge in [-0.3, -0.25) is 0 Å². The molecule has 0 N–H and O–H groups in total. The summed E-state index contributed by atoms with van der Waals surface area (Å²) in [5.74, 6) is 1.95. The van der Waals surface area contributed by atoms with Gasteiger partial charge in [0.2, 0.25) is 0 Å². The van der Waals surface area contributed by atoms with Crippen LogP contribution >= 0.6 is 0 Å². The number of rotatable bonds is 4. The Balaban J connectivity index is 1.31. The molecule has 44 heavy (non-hydrogen) atoms. The fourth-order valence-corrected chi connectivity index (χ4v) is 7.61. The number of para-hydroxylation sites is 2. The van der Waals surface area contributed by atoms with E-state index in [-0.39, 0.29) is 12.1 Å². The average molecular weight is 568 g/mol. The highest BCUT2D eigenvalue weighted by Crippen LogP contribution is 2.41. The maximum absolute atomic E-state index is 6.58. The van der Waals surface area contributed by atoms with Crippen molar-refractivity contribution in [1.82, 2.24) is 0 Å². The van der Waals surface area contributed by atoms with Crippen molar-refractivity contribution < 1.29 is 4.74 Å². The van der Waals surface area contributed by atoms with Crippen LogP contribution in [0.4, 0.5) is 17.1 Å². The third-order valence-electron chi connectivity index (χ3n) is 9.53. The molecule has 0 radical (unpaired) electrons. The molecule has 0 aromatic heterocycles. The van der Waals surface area contributed by atoms with Gasteiger partial charge in [-0.25, -0.2) is 0 Å². The first kappa shape index (κ1) is 26.6. The lowest BCUT2D eigenvalue weighted by molar-refractivity contribution is 0.484. The zero-order valence-electron chi connectivity index (χ0n) is 25.6. The smallest absolute Gasteiger partial charge is 0.251 e. The van der Waals surface area contributed by atoms with Gasteiger partial charge in [0.05, 0.1) is 0 Å². The summed E-state index contributed by atoms with van der Waals surface area (Å²) in [6.07, 6.45) is 0. The summed E-state index contributed by atoms with van der Waals surface area (Å²) in [6.45, 7) is 9.28. The lowest BCUT2D eigenvalue weighted by Crippen LogP contribution is -2.62. The molecular formula is C41H34BNO. The van der Waals surface area contributed by atoms with Gasteiger partial charge >= 0.3 is 0 Å². The number of ether oxygens (including phenoxy) is 1. The van der Waals surface area contributed by atoms with Crippen molar-refractivity contribution >= 4 is 40.2 Å². The van der Waals surface area contributed by atoms with Crippen molar-refractivity contribution in [2.24, 2.45) is 0 Å². The SMILES string of the molecule is Cc1ccc2c(c1)B1c3cc(-c4cccc(N(c5ccccc5)c5ccccc5)c4)ccc3C(C)(C)c3c(C)ccc(c31)O2. The van der Waals surface area contributed by atoms with Gasteiger partial charge in [0.15, 0.2) is 0 Å². The molecule has 8 rings (SSSR count). The third kappa shape index (κ3) is 4.11. The molecule has 2 heterocycles. The lowest BCUT2D eigenvalue weighted by atomic mass is 9.30. The van der Waals surface area contributed by atoms with Gasteiger partial charge in [-0.15, -0.1) is 0 Å². The molecule has 6 aromatic carbocycles. The van der Waals surface area contributed by atoms with Crippen LogP contribution < -0.4 is 26.0 Å². The molecule has 2 aliphatic rings. The molecule has 0 spiro atoms. The van der Waals surface area contributed by atoms with Crippen molar-refractivity contribution in [3.8, 4) is 22.6 Å². The number of hydrogen-bond donors (Lipinski definition) is 0. The molecule has 0 fully saturated rings. The standard InChI is InChI=1S/C41H34BNO/c1-27-18-22-37-36(24-27)42-35-26-30(20-21-34(35)41(3,4)39-28(2)19-23-38(44-37)40(39)42)29-12-11-17-33(25-29)43(31-13-7-5-8-14-31)32-15-9-6-10-16-32/h5-26H,1-4H3. The molecule has 2 aliphatic heterocycles. The molecule has 0 amide bonds. The largest absolute Gasteiger partial charge is 0.458 e. The Bertz CT molecular complexity index is 2010. The molecule has 0 unspecified atom stereocenters. The first-order chi connectivity index (χ1) is 21.4. The van der Waals surface area contributed by atoms with Crippen LogP contribution in [-0.2, 0) is 5.41 Å². The van der Waals surface area contributed by atoms with Gasteiger partial charge < -0.3 is 9.64 Å². The molecule has 3 heteroatoms. The van der Waals surface area contributed by atoms with E-state index in [1.807, 2.05) is 0 Å². The average Bonchev–Trinajstić information content (AvgIpc) is 3.04. The number of benzene rings is 6. The Labute approximate surface area is 260 Å². The number of nitrogens with zero attached hydrogens (tertiary/aromatic N) is 1. The molecule has 0 saturated heterocycles. The molecule has 2 nitrogen and oxygen atoms in total. The van der Waals surface area contributed by atoms with Crippen LogP contribution in [0.15, 0.2) is 133 Å². The highest BCUT2D eigenvalue weighted by molar-refractivity contribution is 6.98. The molecule has 212 valence electrons. The van der Waals surface area contributed by atoms with Crippen molar-refractivity contribution in [3.05, 3.63) is 156 Å². The summed E-state index contributed by atoms with van der Waals surface area (Å²) in [5.41, 5.74) is 15.0. The third-order valence-corrected chi connectivity index (χ3v) is 9.53. The van der Waals surface area contributed by atoms with E-state index in [9.17, 15) is 0 Å². The fourth-order valence-electron chi connectivity index (χ4n) is 7.61. The second-order valence-corrected chi connectivity index (χ2v) is 12.7. The Morgan fingerprint density at radius 1 is 0.568 bits per heavy atom. The highest BCUT2D eigenvalue weighted by atomic mass is 16.5. The van der Waals surface area contributed by atoms with Crippen LogP contribution in [0.5, 0.6) is 11.5 Å². The minimum atomic E-state index is -0.149. The normalized spacial score (nSPS) is 13.8.